The molecule has 0 saturated heterocycles. The van der Waals surface area contributed by atoms with Gasteiger partial charge < -0.3 is 14.3 Å². The lowest BCUT2D eigenvalue weighted by Gasteiger charge is -2.13. The Labute approximate surface area is 104 Å². The summed E-state index contributed by atoms with van der Waals surface area (Å²) >= 11 is 0. The van der Waals surface area contributed by atoms with E-state index in [1.165, 1.54) is 0 Å². The zero-order valence-electron chi connectivity index (χ0n) is 10.4. The summed E-state index contributed by atoms with van der Waals surface area (Å²) in [5.41, 5.74) is 0. The normalized spacial score (nSPS) is 9.94. The average molecular weight is 263 g/mol. The maximum absolute atomic E-state index is 11.5. The molecule has 0 bridgehead atoms. The third-order valence-corrected chi connectivity index (χ3v) is 1.98. The number of rotatable bonds is 9. The summed E-state index contributed by atoms with van der Waals surface area (Å²) in [7, 11) is 0. The molecule has 0 fully saturated rings. The first-order valence-corrected chi connectivity index (χ1v) is 5.63. The summed E-state index contributed by atoms with van der Waals surface area (Å²) in [6, 6.07) is 0. The van der Waals surface area contributed by atoms with Gasteiger partial charge in [0.1, 0.15) is 0 Å². The molecule has 0 aromatic rings. The molecule has 0 N–H and O–H groups in total. The summed E-state index contributed by atoms with van der Waals surface area (Å²) in [4.78, 5) is 37.0. The van der Waals surface area contributed by atoms with Gasteiger partial charge in [-0.3, -0.25) is 9.59 Å². The van der Waals surface area contributed by atoms with Crippen LogP contribution in [0, 0.1) is 16.0 Å². The topological polar surface area (TPSA) is 105 Å². The van der Waals surface area contributed by atoms with Crippen molar-refractivity contribution in [3.63, 3.8) is 0 Å². The minimum atomic E-state index is -1.06. The highest BCUT2D eigenvalue weighted by atomic mass is 16.9. The molecule has 0 aliphatic heterocycles. The van der Waals surface area contributed by atoms with E-state index in [1.54, 1.807) is 13.8 Å². The second-order valence-corrected chi connectivity index (χ2v) is 3.26. The molecule has 0 aromatic heterocycles. The molecule has 0 atom stereocenters. The summed E-state index contributed by atoms with van der Waals surface area (Å²) in [6.45, 7) is 3.37. The largest absolute Gasteiger partial charge is 0.465 e. The molecule has 0 amide bonds. The SMILES string of the molecule is CCOC(=O)C(CCCO[N+](=O)[O-])C(=O)OCC. The van der Waals surface area contributed by atoms with Crippen LogP contribution in [-0.2, 0) is 23.9 Å². The number of carbonyl (C=O) groups is 2. The highest BCUT2D eigenvalue weighted by Crippen LogP contribution is 2.11. The van der Waals surface area contributed by atoms with E-state index >= 15 is 0 Å². The quantitative estimate of drug-likeness (QED) is 0.198. The van der Waals surface area contributed by atoms with Crippen molar-refractivity contribution in [3.05, 3.63) is 10.1 Å². The Morgan fingerprint density at radius 3 is 2.06 bits per heavy atom. The van der Waals surface area contributed by atoms with Gasteiger partial charge >= 0.3 is 11.9 Å². The number of carbonyl (C=O) groups excluding carboxylic acids is 2. The first-order chi connectivity index (χ1) is 8.52. The van der Waals surface area contributed by atoms with Gasteiger partial charge in [0, 0.05) is 0 Å². The van der Waals surface area contributed by atoms with E-state index in [9.17, 15) is 19.7 Å². The van der Waals surface area contributed by atoms with Crippen molar-refractivity contribution in [2.24, 2.45) is 5.92 Å². The van der Waals surface area contributed by atoms with Gasteiger partial charge in [-0.25, -0.2) is 0 Å². The summed E-state index contributed by atoms with van der Waals surface area (Å²) in [6.07, 6.45) is 0.273. The zero-order chi connectivity index (χ0) is 14.0. The van der Waals surface area contributed by atoms with Crippen molar-refractivity contribution in [2.75, 3.05) is 19.8 Å². The van der Waals surface area contributed by atoms with E-state index in [4.69, 9.17) is 9.47 Å². The van der Waals surface area contributed by atoms with Crippen molar-refractivity contribution in [1.29, 1.82) is 0 Å². The van der Waals surface area contributed by atoms with Gasteiger partial charge in [-0.15, -0.1) is 10.1 Å². The van der Waals surface area contributed by atoms with E-state index < -0.39 is 22.9 Å². The van der Waals surface area contributed by atoms with Gasteiger partial charge in [0.2, 0.25) is 0 Å². The molecule has 8 nitrogen and oxygen atoms in total. The molecular formula is C10H17NO7. The maximum Gasteiger partial charge on any atom is 0.320 e. The number of hydrogen-bond acceptors (Lipinski definition) is 7. The lowest BCUT2D eigenvalue weighted by Crippen LogP contribution is -2.28. The molecule has 0 aliphatic rings. The molecular weight excluding hydrogens is 246 g/mol. The molecule has 0 spiro atoms. The van der Waals surface area contributed by atoms with Crippen LogP contribution in [0.4, 0.5) is 0 Å². The van der Waals surface area contributed by atoms with Crippen molar-refractivity contribution >= 4 is 11.9 Å². The Morgan fingerprint density at radius 2 is 1.67 bits per heavy atom. The van der Waals surface area contributed by atoms with E-state index in [1.807, 2.05) is 0 Å². The van der Waals surface area contributed by atoms with Crippen LogP contribution >= 0.6 is 0 Å². The van der Waals surface area contributed by atoms with Crippen molar-refractivity contribution in [2.45, 2.75) is 26.7 Å². The first kappa shape index (κ1) is 16.1. The predicted molar refractivity (Wildman–Crippen MR) is 58.9 cm³/mol. The Kier molecular flexibility index (Phi) is 8.25. The van der Waals surface area contributed by atoms with Crippen LogP contribution in [0.2, 0.25) is 0 Å². The molecule has 0 aromatic carbocycles. The number of ether oxygens (including phenoxy) is 2. The van der Waals surface area contributed by atoms with Crippen LogP contribution in [0.1, 0.15) is 26.7 Å². The highest BCUT2D eigenvalue weighted by Gasteiger charge is 2.28. The minimum absolute atomic E-state index is 0.0888. The van der Waals surface area contributed by atoms with Crippen LogP contribution < -0.4 is 0 Å². The lowest BCUT2D eigenvalue weighted by molar-refractivity contribution is -0.757. The molecule has 0 aliphatic carbocycles. The van der Waals surface area contributed by atoms with Gasteiger partial charge in [-0.2, -0.15) is 0 Å². The molecule has 0 radical (unpaired) electrons. The van der Waals surface area contributed by atoms with Gasteiger partial charge in [-0.1, -0.05) is 0 Å². The number of esters is 2. The molecule has 0 rings (SSSR count). The van der Waals surface area contributed by atoms with Crippen molar-refractivity contribution in [3.8, 4) is 0 Å². The fourth-order valence-electron chi connectivity index (χ4n) is 1.24. The average Bonchev–Trinajstić information content (AvgIpc) is 2.28. The van der Waals surface area contributed by atoms with Gasteiger partial charge in [0.25, 0.3) is 5.09 Å². The van der Waals surface area contributed by atoms with Crippen LogP contribution in [-0.4, -0.2) is 36.8 Å². The third kappa shape index (κ3) is 6.66. The summed E-state index contributed by atoms with van der Waals surface area (Å²) < 4.78 is 9.47. The molecule has 0 unspecified atom stereocenters. The molecule has 0 heterocycles. The van der Waals surface area contributed by atoms with Crippen LogP contribution in [0.5, 0.6) is 0 Å². The van der Waals surface area contributed by atoms with E-state index in [0.29, 0.717) is 0 Å². The van der Waals surface area contributed by atoms with Crippen molar-refractivity contribution in [1.82, 2.24) is 0 Å². The summed E-state index contributed by atoms with van der Waals surface area (Å²) in [5.74, 6) is -2.42. The Bertz CT molecular complexity index is 274. The molecule has 18 heavy (non-hydrogen) atoms. The highest BCUT2D eigenvalue weighted by molar-refractivity contribution is 5.94. The second kappa shape index (κ2) is 9.20. The fraction of sp³-hybridized carbons (Fsp3) is 0.800. The Balaban J connectivity index is 4.24. The van der Waals surface area contributed by atoms with Gasteiger partial charge in [0.05, 0.1) is 19.8 Å². The van der Waals surface area contributed by atoms with Crippen molar-refractivity contribution < 1.29 is 29.0 Å². The number of nitrogens with zero attached hydrogens (tertiary/aromatic N) is 1. The van der Waals surface area contributed by atoms with Crippen LogP contribution in [0.25, 0.3) is 0 Å². The lowest BCUT2D eigenvalue weighted by atomic mass is 10.0. The van der Waals surface area contributed by atoms with Crippen LogP contribution in [0.3, 0.4) is 0 Å². The fourth-order valence-corrected chi connectivity index (χ4v) is 1.24. The van der Waals surface area contributed by atoms with Gasteiger partial charge in [-0.05, 0) is 26.7 Å². The van der Waals surface area contributed by atoms with Crippen LogP contribution in [0.15, 0.2) is 0 Å². The zero-order valence-corrected chi connectivity index (χ0v) is 10.4. The number of hydrogen-bond donors (Lipinski definition) is 0. The minimum Gasteiger partial charge on any atom is -0.465 e. The van der Waals surface area contributed by atoms with E-state index in [-0.39, 0.29) is 32.7 Å². The Hall–Kier alpha value is -1.86. The van der Waals surface area contributed by atoms with E-state index in [2.05, 4.69) is 4.84 Å². The standard InChI is InChI=1S/C10H17NO7/c1-3-16-9(12)8(10(13)17-4-2)6-5-7-18-11(14)15/h8H,3-7H2,1-2H3. The maximum atomic E-state index is 11.5. The molecule has 0 saturated carbocycles. The second-order valence-electron chi connectivity index (χ2n) is 3.26. The molecule has 104 valence electrons. The Morgan fingerprint density at radius 1 is 1.17 bits per heavy atom. The predicted octanol–water partition coefficient (Wildman–Crippen LogP) is 0.717. The van der Waals surface area contributed by atoms with E-state index in [0.717, 1.165) is 0 Å². The first-order valence-electron chi connectivity index (χ1n) is 5.63. The molecule has 8 heteroatoms. The van der Waals surface area contributed by atoms with Gasteiger partial charge in [0.15, 0.2) is 5.92 Å². The smallest absolute Gasteiger partial charge is 0.320 e. The third-order valence-electron chi connectivity index (χ3n) is 1.98. The summed E-state index contributed by atoms with van der Waals surface area (Å²) in [5, 5.41) is 8.99. The monoisotopic (exact) mass is 263 g/mol.